The van der Waals surface area contributed by atoms with Gasteiger partial charge in [0.25, 0.3) is 0 Å². The molecule has 1 rings (SSSR count). The highest BCUT2D eigenvalue weighted by molar-refractivity contribution is 8.00. The minimum Gasteiger partial charge on any atom is -0.309 e. The summed E-state index contributed by atoms with van der Waals surface area (Å²) in [5, 5.41) is 4.69. The van der Waals surface area contributed by atoms with Gasteiger partial charge in [-0.25, -0.2) is 0 Å². The summed E-state index contributed by atoms with van der Waals surface area (Å²) in [6, 6.07) is 1.40. The van der Waals surface area contributed by atoms with E-state index in [2.05, 4.69) is 56.8 Å². The number of likely N-dealkylation sites (N-methyl/N-ethyl adjacent to an activating group) is 1. The van der Waals surface area contributed by atoms with Crippen molar-refractivity contribution in [3.05, 3.63) is 0 Å². The summed E-state index contributed by atoms with van der Waals surface area (Å²) in [5.74, 6) is 2.08. The van der Waals surface area contributed by atoms with Gasteiger partial charge in [-0.05, 0) is 32.9 Å². The van der Waals surface area contributed by atoms with Gasteiger partial charge in [0.15, 0.2) is 0 Å². The van der Waals surface area contributed by atoms with Crippen molar-refractivity contribution in [3.63, 3.8) is 0 Å². The SMILES string of the molecule is CC(C)CC(CN(C)C)NC1CSC(C)C1. The zero-order valence-electron chi connectivity index (χ0n) is 11.5. The number of thioether (sulfide) groups is 1. The standard InChI is InChI=1S/C13H28N2S/c1-10(2)6-12(8-15(4)5)14-13-7-11(3)16-9-13/h10-14H,6-9H2,1-5H3. The van der Waals surface area contributed by atoms with Crippen molar-refractivity contribution in [2.24, 2.45) is 5.92 Å². The Hall–Kier alpha value is 0.270. The molecule has 3 heteroatoms. The van der Waals surface area contributed by atoms with Gasteiger partial charge >= 0.3 is 0 Å². The second-order valence-electron chi connectivity index (χ2n) is 5.83. The van der Waals surface area contributed by atoms with Crippen molar-refractivity contribution in [2.45, 2.75) is 50.9 Å². The van der Waals surface area contributed by atoms with Gasteiger partial charge in [-0.2, -0.15) is 11.8 Å². The lowest BCUT2D eigenvalue weighted by atomic mass is 10.0. The number of hydrogen-bond donors (Lipinski definition) is 1. The van der Waals surface area contributed by atoms with Crippen LogP contribution in [0.4, 0.5) is 0 Å². The fourth-order valence-electron chi connectivity index (χ4n) is 2.47. The molecule has 0 radical (unpaired) electrons. The predicted molar refractivity (Wildman–Crippen MR) is 75.3 cm³/mol. The van der Waals surface area contributed by atoms with Crippen LogP contribution in [0.15, 0.2) is 0 Å². The molecule has 1 fully saturated rings. The first kappa shape index (κ1) is 14.3. The molecule has 1 aliphatic heterocycles. The van der Waals surface area contributed by atoms with Crippen LogP contribution in [0.2, 0.25) is 0 Å². The maximum atomic E-state index is 3.85. The van der Waals surface area contributed by atoms with E-state index < -0.39 is 0 Å². The first-order chi connectivity index (χ1) is 7.47. The Morgan fingerprint density at radius 2 is 2.06 bits per heavy atom. The van der Waals surface area contributed by atoms with Gasteiger partial charge < -0.3 is 10.2 Å². The molecule has 2 nitrogen and oxygen atoms in total. The first-order valence-electron chi connectivity index (χ1n) is 6.49. The molecule has 1 aliphatic rings. The summed E-state index contributed by atoms with van der Waals surface area (Å²) in [6.07, 6.45) is 2.63. The summed E-state index contributed by atoms with van der Waals surface area (Å²) < 4.78 is 0. The van der Waals surface area contributed by atoms with Crippen LogP contribution in [0.25, 0.3) is 0 Å². The topological polar surface area (TPSA) is 15.3 Å². The van der Waals surface area contributed by atoms with Gasteiger partial charge in [0.2, 0.25) is 0 Å². The van der Waals surface area contributed by atoms with Crippen LogP contribution in [-0.2, 0) is 0 Å². The zero-order chi connectivity index (χ0) is 12.1. The predicted octanol–water partition coefficient (Wildman–Crippen LogP) is 2.45. The highest BCUT2D eigenvalue weighted by Gasteiger charge is 2.24. The van der Waals surface area contributed by atoms with Crippen molar-refractivity contribution in [1.82, 2.24) is 10.2 Å². The monoisotopic (exact) mass is 244 g/mol. The smallest absolute Gasteiger partial charge is 0.0200 e. The number of nitrogens with one attached hydrogen (secondary N) is 1. The minimum atomic E-state index is 0.658. The Bertz CT molecular complexity index is 184. The molecule has 16 heavy (non-hydrogen) atoms. The van der Waals surface area contributed by atoms with Crippen LogP contribution in [0.5, 0.6) is 0 Å². The fraction of sp³-hybridized carbons (Fsp3) is 1.00. The van der Waals surface area contributed by atoms with E-state index >= 15 is 0 Å². The quantitative estimate of drug-likeness (QED) is 0.772. The number of nitrogens with zero attached hydrogens (tertiary/aromatic N) is 1. The molecule has 0 spiro atoms. The van der Waals surface area contributed by atoms with Crippen LogP contribution in [-0.4, -0.2) is 48.6 Å². The Labute approximate surface area is 106 Å². The summed E-state index contributed by atoms with van der Waals surface area (Å²) in [6.45, 7) is 8.14. The molecule has 1 saturated heterocycles. The third-order valence-electron chi connectivity index (χ3n) is 3.01. The molecule has 1 N–H and O–H groups in total. The van der Waals surface area contributed by atoms with E-state index in [1.807, 2.05) is 0 Å². The zero-order valence-corrected chi connectivity index (χ0v) is 12.3. The van der Waals surface area contributed by atoms with Gasteiger partial charge in [-0.15, -0.1) is 0 Å². The Morgan fingerprint density at radius 3 is 2.50 bits per heavy atom. The van der Waals surface area contributed by atoms with Gasteiger partial charge in [0.05, 0.1) is 0 Å². The third-order valence-corrected chi connectivity index (χ3v) is 4.37. The summed E-state index contributed by atoms with van der Waals surface area (Å²) in [5.41, 5.74) is 0. The van der Waals surface area contributed by atoms with Gasteiger partial charge in [-0.3, -0.25) is 0 Å². The second-order valence-corrected chi connectivity index (χ2v) is 7.30. The molecule has 3 atom stereocenters. The normalized spacial score (nSPS) is 27.9. The molecule has 0 aromatic carbocycles. The molecule has 0 bridgehead atoms. The highest BCUT2D eigenvalue weighted by Crippen LogP contribution is 2.26. The average Bonchev–Trinajstić information content (AvgIpc) is 2.48. The Balaban J connectivity index is 2.36. The van der Waals surface area contributed by atoms with Crippen LogP contribution < -0.4 is 5.32 Å². The maximum absolute atomic E-state index is 3.85. The van der Waals surface area contributed by atoms with E-state index in [4.69, 9.17) is 0 Å². The third kappa shape index (κ3) is 5.55. The van der Waals surface area contributed by atoms with Crippen LogP contribution >= 0.6 is 11.8 Å². The molecule has 0 aromatic rings. The first-order valence-corrected chi connectivity index (χ1v) is 7.54. The van der Waals surface area contributed by atoms with E-state index in [1.165, 1.54) is 18.6 Å². The average molecular weight is 244 g/mol. The van der Waals surface area contributed by atoms with Crippen molar-refractivity contribution >= 4 is 11.8 Å². The highest BCUT2D eigenvalue weighted by atomic mass is 32.2. The van der Waals surface area contributed by atoms with Crippen molar-refractivity contribution in [3.8, 4) is 0 Å². The number of rotatable bonds is 6. The van der Waals surface area contributed by atoms with Gasteiger partial charge in [0.1, 0.15) is 0 Å². The van der Waals surface area contributed by atoms with Crippen molar-refractivity contribution in [2.75, 3.05) is 26.4 Å². The van der Waals surface area contributed by atoms with E-state index in [0.29, 0.717) is 6.04 Å². The molecule has 0 saturated carbocycles. The lowest BCUT2D eigenvalue weighted by Gasteiger charge is -2.27. The second kappa shape index (κ2) is 6.87. The maximum Gasteiger partial charge on any atom is 0.0200 e. The molecular formula is C13H28N2S. The molecular weight excluding hydrogens is 216 g/mol. The summed E-state index contributed by atoms with van der Waals surface area (Å²) >= 11 is 2.11. The van der Waals surface area contributed by atoms with Crippen LogP contribution in [0.1, 0.15) is 33.6 Å². The van der Waals surface area contributed by atoms with E-state index in [0.717, 1.165) is 23.8 Å². The Kier molecular flexibility index (Phi) is 6.16. The molecule has 1 heterocycles. The van der Waals surface area contributed by atoms with Crippen LogP contribution in [0, 0.1) is 5.92 Å². The molecule has 0 aromatic heterocycles. The minimum absolute atomic E-state index is 0.658. The van der Waals surface area contributed by atoms with Crippen molar-refractivity contribution in [1.29, 1.82) is 0 Å². The van der Waals surface area contributed by atoms with Crippen molar-refractivity contribution < 1.29 is 0 Å². The summed E-state index contributed by atoms with van der Waals surface area (Å²) in [7, 11) is 4.34. The summed E-state index contributed by atoms with van der Waals surface area (Å²) in [4.78, 5) is 2.30. The Morgan fingerprint density at radius 1 is 1.38 bits per heavy atom. The molecule has 96 valence electrons. The lowest BCUT2D eigenvalue weighted by Crippen LogP contribution is -2.44. The van der Waals surface area contributed by atoms with E-state index in [9.17, 15) is 0 Å². The largest absolute Gasteiger partial charge is 0.309 e. The van der Waals surface area contributed by atoms with Gasteiger partial charge in [0, 0.05) is 29.6 Å². The fourth-order valence-corrected chi connectivity index (χ4v) is 3.63. The van der Waals surface area contributed by atoms with Crippen LogP contribution in [0.3, 0.4) is 0 Å². The van der Waals surface area contributed by atoms with E-state index in [1.54, 1.807) is 0 Å². The molecule has 3 unspecified atom stereocenters. The van der Waals surface area contributed by atoms with Gasteiger partial charge in [-0.1, -0.05) is 20.8 Å². The molecule has 0 amide bonds. The van der Waals surface area contributed by atoms with E-state index in [-0.39, 0.29) is 0 Å². The molecule has 0 aliphatic carbocycles. The lowest BCUT2D eigenvalue weighted by molar-refractivity contribution is 0.289. The number of hydrogen-bond acceptors (Lipinski definition) is 3.